The lowest BCUT2D eigenvalue weighted by atomic mass is 9.91. The number of hydrogen-bond acceptors (Lipinski definition) is 7. The number of carbonyl (C=O) groups is 1. The van der Waals surface area contributed by atoms with E-state index in [9.17, 15) is 18.3 Å². The number of hydrogen-bond donors (Lipinski definition) is 3. The van der Waals surface area contributed by atoms with Gasteiger partial charge in [0.25, 0.3) is 10.0 Å². The van der Waals surface area contributed by atoms with Gasteiger partial charge in [-0.3, -0.25) is 4.79 Å². The zero-order chi connectivity index (χ0) is 21.9. The highest BCUT2D eigenvalue weighted by atomic mass is 32.2. The van der Waals surface area contributed by atoms with Crippen LogP contribution in [0.25, 0.3) is 10.4 Å². The Bertz CT molecular complexity index is 972. The SMILES string of the molecule is CC(C)(C)OC(=O)[C@H](NS(=O)(=O)c1ccc(-c2ccc(O)cc2)s1)C1CCNCC1. The third-order valence-electron chi connectivity index (χ3n) is 4.80. The molecule has 7 nitrogen and oxygen atoms in total. The largest absolute Gasteiger partial charge is 0.508 e. The Morgan fingerprint density at radius 1 is 1.17 bits per heavy atom. The summed E-state index contributed by atoms with van der Waals surface area (Å²) in [5.74, 6) is -0.535. The molecule has 0 aliphatic carbocycles. The molecule has 1 atom stereocenters. The van der Waals surface area contributed by atoms with E-state index >= 15 is 0 Å². The Kier molecular flexibility index (Phi) is 6.86. The monoisotopic (exact) mass is 452 g/mol. The first-order valence-electron chi connectivity index (χ1n) is 9.90. The Labute approximate surface area is 181 Å². The quantitative estimate of drug-likeness (QED) is 0.582. The third-order valence-corrected chi connectivity index (χ3v) is 7.86. The molecule has 1 aliphatic heterocycles. The van der Waals surface area contributed by atoms with Gasteiger partial charge in [-0.15, -0.1) is 11.3 Å². The normalized spacial score (nSPS) is 16.9. The molecule has 1 aromatic heterocycles. The molecule has 1 fully saturated rings. The van der Waals surface area contributed by atoms with Crippen molar-refractivity contribution < 1.29 is 23.1 Å². The number of sulfonamides is 1. The third kappa shape index (κ3) is 5.81. The highest BCUT2D eigenvalue weighted by Gasteiger charge is 2.36. The van der Waals surface area contributed by atoms with Crippen molar-refractivity contribution in [3.8, 4) is 16.2 Å². The molecule has 2 aromatic rings. The summed E-state index contributed by atoms with van der Waals surface area (Å²) in [5.41, 5.74) is 0.101. The first kappa shape index (κ1) is 22.7. The van der Waals surface area contributed by atoms with Crippen molar-refractivity contribution in [2.45, 2.75) is 49.5 Å². The second-order valence-electron chi connectivity index (χ2n) is 8.39. The van der Waals surface area contributed by atoms with E-state index in [2.05, 4.69) is 10.0 Å². The van der Waals surface area contributed by atoms with Crippen LogP contribution in [0.1, 0.15) is 33.6 Å². The van der Waals surface area contributed by atoms with Crippen LogP contribution in [0.2, 0.25) is 0 Å². The maximum atomic E-state index is 13.1. The fourth-order valence-corrected chi connectivity index (χ4v) is 5.93. The van der Waals surface area contributed by atoms with Crippen molar-refractivity contribution in [2.24, 2.45) is 5.92 Å². The van der Waals surface area contributed by atoms with Crippen molar-refractivity contribution >= 4 is 27.3 Å². The molecule has 0 saturated carbocycles. The molecule has 164 valence electrons. The molecular formula is C21H28N2O5S2. The van der Waals surface area contributed by atoms with Gasteiger partial charge in [0, 0.05) is 4.88 Å². The number of phenols is 1. The van der Waals surface area contributed by atoms with E-state index in [1.165, 1.54) is 6.07 Å². The predicted octanol–water partition coefficient (Wildman–Crippen LogP) is 3.11. The zero-order valence-electron chi connectivity index (χ0n) is 17.3. The minimum Gasteiger partial charge on any atom is -0.508 e. The van der Waals surface area contributed by atoms with E-state index in [0.717, 1.165) is 34.9 Å². The first-order valence-corrected chi connectivity index (χ1v) is 12.2. The summed E-state index contributed by atoms with van der Waals surface area (Å²) in [6.07, 6.45) is 1.38. The number of aromatic hydroxyl groups is 1. The number of phenolic OH excluding ortho intramolecular Hbond substituents is 1. The summed E-state index contributed by atoms with van der Waals surface area (Å²) in [4.78, 5) is 13.6. The summed E-state index contributed by atoms with van der Waals surface area (Å²) in [6, 6.07) is 8.87. The predicted molar refractivity (Wildman–Crippen MR) is 117 cm³/mol. The van der Waals surface area contributed by atoms with Crippen molar-refractivity contribution in [3.05, 3.63) is 36.4 Å². The van der Waals surface area contributed by atoms with Crippen LogP contribution in [-0.2, 0) is 19.6 Å². The molecule has 3 rings (SSSR count). The molecule has 9 heteroatoms. The zero-order valence-corrected chi connectivity index (χ0v) is 19.0. The summed E-state index contributed by atoms with van der Waals surface area (Å²) in [6.45, 7) is 6.76. The number of rotatable bonds is 6. The van der Waals surface area contributed by atoms with Crippen LogP contribution < -0.4 is 10.0 Å². The van der Waals surface area contributed by atoms with Crippen LogP contribution in [0.3, 0.4) is 0 Å². The highest BCUT2D eigenvalue weighted by molar-refractivity contribution is 7.91. The summed E-state index contributed by atoms with van der Waals surface area (Å²) >= 11 is 1.12. The molecule has 0 bridgehead atoms. The number of carbonyl (C=O) groups excluding carboxylic acids is 1. The standard InChI is InChI=1S/C21H28N2O5S2/c1-21(2,3)28-20(25)19(15-10-12-22-13-11-15)23-30(26,27)18-9-8-17(29-18)14-4-6-16(24)7-5-14/h4-9,15,19,22-24H,10-13H2,1-3H3/t19-/m1/s1. The molecule has 0 spiro atoms. The maximum Gasteiger partial charge on any atom is 0.324 e. The lowest BCUT2D eigenvalue weighted by Crippen LogP contribution is -2.50. The maximum absolute atomic E-state index is 13.1. The molecule has 2 heterocycles. The van der Waals surface area contributed by atoms with Gasteiger partial charge in [-0.25, -0.2) is 8.42 Å². The number of piperidine rings is 1. The lowest BCUT2D eigenvalue weighted by molar-refractivity contribution is -0.158. The van der Waals surface area contributed by atoms with Crippen LogP contribution in [-0.4, -0.2) is 44.2 Å². The Balaban J connectivity index is 1.83. The fraction of sp³-hybridized carbons (Fsp3) is 0.476. The second kappa shape index (κ2) is 9.05. The Hall–Kier alpha value is -1.94. The second-order valence-corrected chi connectivity index (χ2v) is 11.4. The molecule has 0 radical (unpaired) electrons. The molecule has 30 heavy (non-hydrogen) atoms. The van der Waals surface area contributed by atoms with Crippen LogP contribution in [0.4, 0.5) is 0 Å². The van der Waals surface area contributed by atoms with Crippen molar-refractivity contribution in [2.75, 3.05) is 13.1 Å². The average Bonchev–Trinajstić information content (AvgIpc) is 3.17. The van der Waals surface area contributed by atoms with Gasteiger partial charge in [0.1, 0.15) is 21.6 Å². The number of ether oxygens (including phenoxy) is 1. The summed E-state index contributed by atoms with van der Waals surface area (Å²) in [5, 5.41) is 12.7. The van der Waals surface area contributed by atoms with Crippen molar-refractivity contribution in [3.63, 3.8) is 0 Å². The van der Waals surface area contributed by atoms with Crippen LogP contribution in [0, 0.1) is 5.92 Å². The molecule has 1 aromatic carbocycles. The van der Waals surface area contributed by atoms with Gasteiger partial charge in [0.15, 0.2) is 0 Å². The van der Waals surface area contributed by atoms with E-state index in [1.807, 2.05) is 0 Å². The Morgan fingerprint density at radius 3 is 2.40 bits per heavy atom. The van der Waals surface area contributed by atoms with E-state index < -0.39 is 27.6 Å². The number of nitrogens with one attached hydrogen (secondary N) is 2. The van der Waals surface area contributed by atoms with E-state index in [4.69, 9.17) is 4.74 Å². The van der Waals surface area contributed by atoms with Gasteiger partial charge in [-0.05, 0) is 94.6 Å². The van der Waals surface area contributed by atoms with E-state index in [-0.39, 0.29) is 15.9 Å². The van der Waals surface area contributed by atoms with Gasteiger partial charge in [-0.1, -0.05) is 0 Å². The minimum absolute atomic E-state index is 0.132. The number of benzene rings is 1. The fourth-order valence-electron chi connectivity index (χ4n) is 3.35. The number of thiophene rings is 1. The average molecular weight is 453 g/mol. The topological polar surface area (TPSA) is 105 Å². The molecular weight excluding hydrogens is 424 g/mol. The van der Waals surface area contributed by atoms with Gasteiger partial charge in [0.2, 0.25) is 0 Å². The van der Waals surface area contributed by atoms with E-state index in [1.54, 1.807) is 51.1 Å². The van der Waals surface area contributed by atoms with E-state index in [0.29, 0.717) is 12.8 Å². The summed E-state index contributed by atoms with van der Waals surface area (Å²) in [7, 11) is -3.91. The molecule has 0 amide bonds. The molecule has 3 N–H and O–H groups in total. The van der Waals surface area contributed by atoms with Crippen LogP contribution in [0.15, 0.2) is 40.6 Å². The highest BCUT2D eigenvalue weighted by Crippen LogP contribution is 2.32. The van der Waals surface area contributed by atoms with Crippen molar-refractivity contribution in [1.82, 2.24) is 10.0 Å². The van der Waals surface area contributed by atoms with Crippen molar-refractivity contribution in [1.29, 1.82) is 0 Å². The smallest absolute Gasteiger partial charge is 0.324 e. The van der Waals surface area contributed by atoms with Gasteiger partial charge in [-0.2, -0.15) is 4.72 Å². The Morgan fingerprint density at radius 2 is 1.80 bits per heavy atom. The first-order chi connectivity index (χ1) is 14.0. The molecule has 1 saturated heterocycles. The van der Waals surface area contributed by atoms with Crippen LogP contribution in [0.5, 0.6) is 5.75 Å². The van der Waals surface area contributed by atoms with Gasteiger partial charge in [0.05, 0.1) is 0 Å². The molecule has 1 aliphatic rings. The van der Waals surface area contributed by atoms with Gasteiger partial charge < -0.3 is 15.2 Å². The van der Waals surface area contributed by atoms with Crippen LogP contribution >= 0.6 is 11.3 Å². The number of esters is 1. The van der Waals surface area contributed by atoms with Gasteiger partial charge >= 0.3 is 5.97 Å². The summed E-state index contributed by atoms with van der Waals surface area (Å²) < 4.78 is 34.4. The molecule has 0 unspecified atom stereocenters. The lowest BCUT2D eigenvalue weighted by Gasteiger charge is -2.31. The minimum atomic E-state index is -3.91.